The summed E-state index contributed by atoms with van der Waals surface area (Å²) in [5.74, 6) is 0.449. The maximum Gasteiger partial charge on any atom is 0.334 e. The highest BCUT2D eigenvalue weighted by Gasteiger charge is 2.27. The molecule has 0 saturated heterocycles. The van der Waals surface area contributed by atoms with Gasteiger partial charge in [-0.2, -0.15) is 0 Å². The molecule has 0 radical (unpaired) electrons. The predicted octanol–water partition coefficient (Wildman–Crippen LogP) is 2.29. The van der Waals surface area contributed by atoms with E-state index in [-0.39, 0.29) is 12.1 Å². The van der Waals surface area contributed by atoms with Crippen molar-refractivity contribution in [1.29, 1.82) is 0 Å². The Kier molecular flexibility index (Phi) is 2.55. The quantitative estimate of drug-likeness (QED) is 0.591. The summed E-state index contributed by atoms with van der Waals surface area (Å²) in [7, 11) is 0. The molecule has 1 heterocycles. The first-order valence-corrected chi connectivity index (χ1v) is 4.43. The Labute approximate surface area is 73.6 Å². The maximum atomic E-state index is 11.1. The molecule has 0 bridgehead atoms. The summed E-state index contributed by atoms with van der Waals surface area (Å²) in [6.07, 6.45) is 0.971. The van der Waals surface area contributed by atoms with Crippen LogP contribution in [0.1, 0.15) is 34.1 Å². The smallest absolute Gasteiger partial charge is 0.334 e. The van der Waals surface area contributed by atoms with Gasteiger partial charge in [0, 0.05) is 5.57 Å². The number of carbonyl (C=O) groups is 1. The third-order valence-corrected chi connectivity index (χ3v) is 2.19. The zero-order valence-corrected chi connectivity index (χ0v) is 8.18. The summed E-state index contributed by atoms with van der Waals surface area (Å²) in [4.78, 5) is 11.1. The number of cyclic esters (lactones) is 1. The summed E-state index contributed by atoms with van der Waals surface area (Å²) in [5, 5.41) is 0. The SMILES string of the molecule is CC1=C(CC(C)C)C(C)OC1=O. The molecule has 0 aromatic carbocycles. The highest BCUT2D eigenvalue weighted by Crippen LogP contribution is 2.27. The number of ether oxygens (including phenoxy) is 1. The van der Waals surface area contributed by atoms with Crippen LogP contribution in [-0.4, -0.2) is 12.1 Å². The number of hydrogen-bond donors (Lipinski definition) is 0. The van der Waals surface area contributed by atoms with Crippen LogP contribution in [0.2, 0.25) is 0 Å². The molecule has 68 valence electrons. The topological polar surface area (TPSA) is 26.3 Å². The first-order valence-electron chi connectivity index (χ1n) is 4.43. The Morgan fingerprint density at radius 1 is 1.50 bits per heavy atom. The Morgan fingerprint density at radius 2 is 2.08 bits per heavy atom. The van der Waals surface area contributed by atoms with Gasteiger partial charge in [0.1, 0.15) is 6.10 Å². The van der Waals surface area contributed by atoms with E-state index in [9.17, 15) is 4.79 Å². The second-order valence-corrected chi connectivity index (χ2v) is 3.80. The lowest BCUT2D eigenvalue weighted by atomic mass is 9.97. The van der Waals surface area contributed by atoms with Gasteiger partial charge in [0.2, 0.25) is 0 Å². The Balaban J connectivity index is 2.78. The minimum absolute atomic E-state index is 0.0000926. The largest absolute Gasteiger partial charge is 0.455 e. The van der Waals surface area contributed by atoms with Crippen molar-refractivity contribution in [3.63, 3.8) is 0 Å². The van der Waals surface area contributed by atoms with Crippen molar-refractivity contribution >= 4 is 5.97 Å². The van der Waals surface area contributed by atoms with E-state index in [4.69, 9.17) is 4.74 Å². The van der Waals surface area contributed by atoms with E-state index in [1.165, 1.54) is 5.57 Å². The Bertz CT molecular complexity index is 226. The van der Waals surface area contributed by atoms with Gasteiger partial charge >= 0.3 is 5.97 Å². The summed E-state index contributed by atoms with van der Waals surface area (Å²) >= 11 is 0. The molecule has 1 aliphatic rings. The summed E-state index contributed by atoms with van der Waals surface area (Å²) in [6, 6.07) is 0. The second-order valence-electron chi connectivity index (χ2n) is 3.80. The lowest BCUT2D eigenvalue weighted by Crippen LogP contribution is -2.07. The molecule has 0 amide bonds. The molecule has 0 N–H and O–H groups in total. The molecule has 1 aliphatic heterocycles. The molecule has 1 rings (SSSR count). The molecule has 0 aliphatic carbocycles. The molecule has 12 heavy (non-hydrogen) atoms. The average Bonchev–Trinajstić information content (AvgIpc) is 2.16. The molecule has 2 nitrogen and oxygen atoms in total. The van der Waals surface area contributed by atoms with Crippen molar-refractivity contribution in [1.82, 2.24) is 0 Å². The normalized spacial score (nSPS) is 23.8. The van der Waals surface area contributed by atoms with Gasteiger partial charge in [-0.25, -0.2) is 4.79 Å². The first kappa shape index (κ1) is 9.30. The Morgan fingerprint density at radius 3 is 2.42 bits per heavy atom. The summed E-state index contributed by atoms with van der Waals surface area (Å²) < 4.78 is 5.07. The van der Waals surface area contributed by atoms with Crippen LogP contribution in [-0.2, 0) is 9.53 Å². The van der Waals surface area contributed by atoms with Gasteiger partial charge in [-0.1, -0.05) is 13.8 Å². The molecular weight excluding hydrogens is 152 g/mol. The number of rotatable bonds is 2. The van der Waals surface area contributed by atoms with E-state index in [0.29, 0.717) is 5.92 Å². The fraction of sp³-hybridized carbons (Fsp3) is 0.700. The fourth-order valence-electron chi connectivity index (χ4n) is 1.51. The van der Waals surface area contributed by atoms with Crippen LogP contribution in [0.5, 0.6) is 0 Å². The highest BCUT2D eigenvalue weighted by atomic mass is 16.5. The highest BCUT2D eigenvalue weighted by molar-refractivity contribution is 5.91. The van der Waals surface area contributed by atoms with Crippen LogP contribution in [0.15, 0.2) is 11.1 Å². The summed E-state index contributed by atoms with van der Waals surface area (Å²) in [5.41, 5.74) is 1.99. The molecule has 1 atom stereocenters. The summed E-state index contributed by atoms with van der Waals surface area (Å²) in [6.45, 7) is 8.08. The molecule has 0 aromatic rings. The molecule has 0 spiro atoms. The number of esters is 1. The minimum atomic E-state index is -0.141. The third kappa shape index (κ3) is 1.68. The van der Waals surface area contributed by atoms with Crippen molar-refractivity contribution in [3.05, 3.63) is 11.1 Å². The van der Waals surface area contributed by atoms with E-state index in [1.54, 1.807) is 0 Å². The monoisotopic (exact) mass is 168 g/mol. The second kappa shape index (κ2) is 3.30. The Hall–Kier alpha value is -0.790. The lowest BCUT2D eigenvalue weighted by molar-refractivity contribution is -0.139. The zero-order valence-electron chi connectivity index (χ0n) is 8.18. The first-order chi connectivity index (χ1) is 5.52. The van der Waals surface area contributed by atoms with Crippen molar-refractivity contribution in [2.75, 3.05) is 0 Å². The molecule has 1 unspecified atom stereocenters. The molecule has 0 saturated carbocycles. The molecule has 0 fully saturated rings. The van der Waals surface area contributed by atoms with Crippen molar-refractivity contribution in [3.8, 4) is 0 Å². The van der Waals surface area contributed by atoms with Gasteiger partial charge in [0.05, 0.1) is 0 Å². The van der Waals surface area contributed by atoms with E-state index >= 15 is 0 Å². The standard InChI is InChI=1S/C10H16O2/c1-6(2)5-9-7(3)10(11)12-8(9)4/h6,8H,5H2,1-4H3. The van der Waals surface area contributed by atoms with Crippen LogP contribution in [0.25, 0.3) is 0 Å². The molecular formula is C10H16O2. The molecule has 0 aromatic heterocycles. The fourth-order valence-corrected chi connectivity index (χ4v) is 1.51. The van der Waals surface area contributed by atoms with Gasteiger partial charge in [-0.05, 0) is 31.8 Å². The van der Waals surface area contributed by atoms with E-state index in [1.807, 2.05) is 13.8 Å². The van der Waals surface area contributed by atoms with Crippen LogP contribution in [0, 0.1) is 5.92 Å². The van der Waals surface area contributed by atoms with Gasteiger partial charge in [0.15, 0.2) is 0 Å². The van der Waals surface area contributed by atoms with Crippen molar-refractivity contribution < 1.29 is 9.53 Å². The van der Waals surface area contributed by atoms with Gasteiger partial charge in [0.25, 0.3) is 0 Å². The maximum absolute atomic E-state index is 11.1. The van der Waals surface area contributed by atoms with Crippen molar-refractivity contribution in [2.24, 2.45) is 5.92 Å². The van der Waals surface area contributed by atoms with Crippen LogP contribution in [0.4, 0.5) is 0 Å². The van der Waals surface area contributed by atoms with Crippen molar-refractivity contribution in [2.45, 2.75) is 40.2 Å². The average molecular weight is 168 g/mol. The van der Waals surface area contributed by atoms with Crippen LogP contribution >= 0.6 is 0 Å². The number of carbonyl (C=O) groups excluding carboxylic acids is 1. The van der Waals surface area contributed by atoms with Gasteiger partial charge in [-0.3, -0.25) is 0 Å². The zero-order chi connectivity index (χ0) is 9.30. The lowest BCUT2D eigenvalue weighted by Gasteiger charge is -2.10. The van der Waals surface area contributed by atoms with E-state index < -0.39 is 0 Å². The van der Waals surface area contributed by atoms with Crippen LogP contribution in [0.3, 0.4) is 0 Å². The van der Waals surface area contributed by atoms with E-state index in [2.05, 4.69) is 13.8 Å². The number of hydrogen-bond acceptors (Lipinski definition) is 2. The van der Waals surface area contributed by atoms with Crippen LogP contribution < -0.4 is 0 Å². The van der Waals surface area contributed by atoms with E-state index in [0.717, 1.165) is 12.0 Å². The predicted molar refractivity (Wildman–Crippen MR) is 47.7 cm³/mol. The molecule has 2 heteroatoms. The van der Waals surface area contributed by atoms with Gasteiger partial charge in [-0.15, -0.1) is 0 Å². The minimum Gasteiger partial charge on any atom is -0.455 e. The van der Waals surface area contributed by atoms with Gasteiger partial charge < -0.3 is 4.74 Å². The third-order valence-electron chi connectivity index (χ3n) is 2.19.